The van der Waals surface area contributed by atoms with Gasteiger partial charge in [0.15, 0.2) is 0 Å². The number of hydrogen-bond donors (Lipinski definition) is 1. The van der Waals surface area contributed by atoms with Gasteiger partial charge in [-0.3, -0.25) is 4.98 Å². The monoisotopic (exact) mass is 268 g/mol. The summed E-state index contributed by atoms with van der Waals surface area (Å²) in [5.41, 5.74) is 6.25. The fourth-order valence-electron chi connectivity index (χ4n) is 1.35. The van der Waals surface area contributed by atoms with E-state index in [2.05, 4.69) is 4.98 Å². The van der Waals surface area contributed by atoms with E-state index in [4.69, 9.17) is 33.7 Å². The predicted octanol–water partition coefficient (Wildman–Crippen LogP) is 3.64. The highest BCUT2D eigenvalue weighted by atomic mass is 35.5. The van der Waals surface area contributed by atoms with Gasteiger partial charge < -0.3 is 10.5 Å². The molecule has 3 nitrogen and oxygen atoms in total. The molecular formula is C12H10Cl2N2O. The smallest absolute Gasteiger partial charge is 0.150 e. The van der Waals surface area contributed by atoms with Crippen LogP contribution >= 0.6 is 23.2 Å². The second-order valence-electron chi connectivity index (χ2n) is 3.33. The van der Waals surface area contributed by atoms with E-state index in [0.29, 0.717) is 33.8 Å². The van der Waals surface area contributed by atoms with Crippen LogP contribution in [0.1, 0.15) is 5.69 Å². The van der Waals surface area contributed by atoms with Crippen molar-refractivity contribution in [2.45, 2.75) is 6.54 Å². The number of aromatic nitrogens is 1. The molecule has 0 unspecified atom stereocenters. The molecule has 0 saturated heterocycles. The summed E-state index contributed by atoms with van der Waals surface area (Å²) in [5, 5.41) is 1.01. The fourth-order valence-corrected chi connectivity index (χ4v) is 1.79. The van der Waals surface area contributed by atoms with Crippen LogP contribution in [0.25, 0.3) is 0 Å². The summed E-state index contributed by atoms with van der Waals surface area (Å²) >= 11 is 11.8. The predicted molar refractivity (Wildman–Crippen MR) is 68.7 cm³/mol. The molecule has 0 bridgehead atoms. The second kappa shape index (κ2) is 5.36. The minimum atomic E-state index is 0.307. The standard InChI is InChI=1S/C12H10Cl2N2O/c13-8-3-4-11(9(14)6-8)17-12-2-1-5-16-10(12)7-15/h1-6H,7,15H2. The largest absolute Gasteiger partial charge is 0.454 e. The molecule has 0 aliphatic rings. The van der Waals surface area contributed by atoms with E-state index in [-0.39, 0.29) is 0 Å². The van der Waals surface area contributed by atoms with Crippen LogP contribution in [0.2, 0.25) is 10.0 Å². The van der Waals surface area contributed by atoms with Gasteiger partial charge in [0.05, 0.1) is 10.7 Å². The van der Waals surface area contributed by atoms with Gasteiger partial charge in [0.2, 0.25) is 0 Å². The molecular weight excluding hydrogens is 259 g/mol. The Morgan fingerprint density at radius 3 is 2.71 bits per heavy atom. The van der Waals surface area contributed by atoms with Crippen molar-refractivity contribution in [3.63, 3.8) is 0 Å². The van der Waals surface area contributed by atoms with E-state index < -0.39 is 0 Å². The lowest BCUT2D eigenvalue weighted by atomic mass is 10.3. The number of benzene rings is 1. The Kier molecular flexibility index (Phi) is 3.84. The zero-order valence-electron chi connectivity index (χ0n) is 8.86. The molecule has 0 atom stereocenters. The minimum Gasteiger partial charge on any atom is -0.454 e. The first kappa shape index (κ1) is 12.2. The Labute approximate surface area is 109 Å². The molecule has 2 aromatic rings. The molecule has 1 aromatic heterocycles. The third-order valence-electron chi connectivity index (χ3n) is 2.16. The average molecular weight is 269 g/mol. The van der Waals surface area contributed by atoms with Gasteiger partial charge in [-0.15, -0.1) is 0 Å². The van der Waals surface area contributed by atoms with Crippen LogP contribution in [0, 0.1) is 0 Å². The third kappa shape index (κ3) is 2.88. The molecule has 1 aromatic carbocycles. The van der Waals surface area contributed by atoms with Crippen molar-refractivity contribution in [3.8, 4) is 11.5 Å². The minimum absolute atomic E-state index is 0.307. The highest BCUT2D eigenvalue weighted by Gasteiger charge is 2.07. The van der Waals surface area contributed by atoms with Crippen LogP contribution in [-0.4, -0.2) is 4.98 Å². The number of pyridine rings is 1. The van der Waals surface area contributed by atoms with Gasteiger partial charge in [-0.2, -0.15) is 0 Å². The molecule has 5 heteroatoms. The van der Waals surface area contributed by atoms with Gasteiger partial charge in [-0.25, -0.2) is 0 Å². The zero-order chi connectivity index (χ0) is 12.3. The molecule has 0 saturated carbocycles. The first-order valence-electron chi connectivity index (χ1n) is 4.97. The Bertz CT molecular complexity index is 532. The summed E-state index contributed by atoms with van der Waals surface area (Å²) in [6, 6.07) is 8.61. The highest BCUT2D eigenvalue weighted by molar-refractivity contribution is 6.35. The maximum Gasteiger partial charge on any atom is 0.150 e. The molecule has 88 valence electrons. The van der Waals surface area contributed by atoms with Gasteiger partial charge in [0.25, 0.3) is 0 Å². The topological polar surface area (TPSA) is 48.1 Å². The Balaban J connectivity index is 2.31. The molecule has 17 heavy (non-hydrogen) atoms. The van der Waals surface area contributed by atoms with Gasteiger partial charge in [0.1, 0.15) is 11.5 Å². The van der Waals surface area contributed by atoms with Gasteiger partial charge >= 0.3 is 0 Å². The number of hydrogen-bond acceptors (Lipinski definition) is 3. The van der Waals surface area contributed by atoms with Crippen LogP contribution in [0.3, 0.4) is 0 Å². The number of ether oxygens (including phenoxy) is 1. The van der Waals surface area contributed by atoms with Gasteiger partial charge in [0, 0.05) is 17.8 Å². The summed E-state index contributed by atoms with van der Waals surface area (Å²) in [4.78, 5) is 4.12. The summed E-state index contributed by atoms with van der Waals surface area (Å²) in [5.74, 6) is 1.12. The van der Waals surface area contributed by atoms with E-state index in [9.17, 15) is 0 Å². The maximum atomic E-state index is 6.01. The first-order chi connectivity index (χ1) is 8.20. The number of nitrogens with zero attached hydrogens (tertiary/aromatic N) is 1. The summed E-state index contributed by atoms with van der Waals surface area (Å²) < 4.78 is 5.65. The maximum absolute atomic E-state index is 6.01. The highest BCUT2D eigenvalue weighted by Crippen LogP contribution is 2.32. The molecule has 0 fully saturated rings. The van der Waals surface area contributed by atoms with Crippen LogP contribution in [-0.2, 0) is 6.54 Å². The van der Waals surface area contributed by atoms with Crippen molar-refractivity contribution >= 4 is 23.2 Å². The van der Waals surface area contributed by atoms with E-state index in [1.54, 1.807) is 36.5 Å². The molecule has 1 heterocycles. The van der Waals surface area contributed by atoms with E-state index in [1.165, 1.54) is 0 Å². The molecule has 2 N–H and O–H groups in total. The van der Waals surface area contributed by atoms with Crippen molar-refractivity contribution in [1.82, 2.24) is 4.98 Å². The summed E-state index contributed by atoms with van der Waals surface area (Å²) in [6.45, 7) is 0.307. The molecule has 0 amide bonds. The SMILES string of the molecule is NCc1ncccc1Oc1ccc(Cl)cc1Cl. The second-order valence-corrected chi connectivity index (χ2v) is 4.17. The fraction of sp³-hybridized carbons (Fsp3) is 0.0833. The molecule has 0 aliphatic heterocycles. The Morgan fingerprint density at radius 2 is 2.00 bits per heavy atom. The van der Waals surface area contributed by atoms with Crippen LogP contribution in [0.15, 0.2) is 36.5 Å². The molecule has 0 spiro atoms. The van der Waals surface area contributed by atoms with Crippen LogP contribution in [0.4, 0.5) is 0 Å². The van der Waals surface area contributed by atoms with Crippen LogP contribution < -0.4 is 10.5 Å². The van der Waals surface area contributed by atoms with Gasteiger partial charge in [-0.1, -0.05) is 23.2 Å². The summed E-state index contributed by atoms with van der Waals surface area (Å²) in [6.07, 6.45) is 1.67. The molecule has 0 radical (unpaired) electrons. The Morgan fingerprint density at radius 1 is 1.18 bits per heavy atom. The third-order valence-corrected chi connectivity index (χ3v) is 2.69. The lowest BCUT2D eigenvalue weighted by Crippen LogP contribution is -2.01. The van der Waals surface area contributed by atoms with E-state index in [0.717, 1.165) is 0 Å². The van der Waals surface area contributed by atoms with Crippen molar-refractivity contribution in [1.29, 1.82) is 0 Å². The van der Waals surface area contributed by atoms with Crippen LogP contribution in [0.5, 0.6) is 11.5 Å². The average Bonchev–Trinajstić information content (AvgIpc) is 2.33. The van der Waals surface area contributed by atoms with Crippen molar-refractivity contribution in [2.75, 3.05) is 0 Å². The Hall–Kier alpha value is -1.29. The van der Waals surface area contributed by atoms with Gasteiger partial charge in [-0.05, 0) is 30.3 Å². The van der Waals surface area contributed by atoms with E-state index in [1.807, 2.05) is 0 Å². The molecule has 2 rings (SSSR count). The quantitative estimate of drug-likeness (QED) is 0.925. The van der Waals surface area contributed by atoms with E-state index >= 15 is 0 Å². The first-order valence-corrected chi connectivity index (χ1v) is 5.73. The zero-order valence-corrected chi connectivity index (χ0v) is 10.4. The van der Waals surface area contributed by atoms with Crippen molar-refractivity contribution in [2.24, 2.45) is 5.73 Å². The van der Waals surface area contributed by atoms with Crippen molar-refractivity contribution < 1.29 is 4.74 Å². The lowest BCUT2D eigenvalue weighted by molar-refractivity contribution is 0.473. The normalized spacial score (nSPS) is 10.3. The number of rotatable bonds is 3. The van der Waals surface area contributed by atoms with Crippen molar-refractivity contribution in [3.05, 3.63) is 52.3 Å². The molecule has 0 aliphatic carbocycles. The lowest BCUT2D eigenvalue weighted by Gasteiger charge is -2.10. The number of nitrogens with two attached hydrogens (primary N) is 1. The number of halogens is 2. The summed E-state index contributed by atoms with van der Waals surface area (Å²) in [7, 11) is 0.